The van der Waals surface area contributed by atoms with Gasteiger partial charge in [-0.15, -0.1) is 0 Å². The minimum absolute atomic E-state index is 0.0683. The minimum Gasteiger partial charge on any atom is -0.346 e. The van der Waals surface area contributed by atoms with Crippen molar-refractivity contribution in [1.82, 2.24) is 15.1 Å². The van der Waals surface area contributed by atoms with E-state index in [2.05, 4.69) is 5.32 Å². The number of amides is 3. The Labute approximate surface area is 145 Å². The molecule has 1 aliphatic heterocycles. The Morgan fingerprint density at radius 3 is 2.33 bits per heavy atom. The summed E-state index contributed by atoms with van der Waals surface area (Å²) < 4.78 is 0. The van der Waals surface area contributed by atoms with E-state index in [1.54, 1.807) is 34.1 Å². The highest BCUT2D eigenvalue weighted by Gasteiger charge is 2.22. The first-order valence-corrected chi connectivity index (χ1v) is 8.18. The monoisotopic (exact) mass is 352 g/mol. The fourth-order valence-corrected chi connectivity index (χ4v) is 2.63. The van der Waals surface area contributed by atoms with E-state index in [9.17, 15) is 14.4 Å². The van der Waals surface area contributed by atoms with Crippen molar-refractivity contribution in [3.63, 3.8) is 0 Å². The number of nitrogens with zero attached hydrogens (tertiary/aromatic N) is 2. The molecule has 1 aromatic rings. The van der Waals surface area contributed by atoms with Gasteiger partial charge < -0.3 is 20.9 Å². The molecule has 2 rings (SSSR count). The fourth-order valence-electron chi connectivity index (χ4n) is 2.50. The van der Waals surface area contributed by atoms with Crippen molar-refractivity contribution >= 4 is 29.3 Å². The maximum Gasteiger partial charge on any atom is 0.253 e. The molecule has 1 aliphatic rings. The van der Waals surface area contributed by atoms with Crippen LogP contribution in [-0.4, -0.2) is 66.8 Å². The first kappa shape index (κ1) is 18.2. The van der Waals surface area contributed by atoms with Crippen molar-refractivity contribution in [2.24, 2.45) is 5.73 Å². The lowest BCUT2D eigenvalue weighted by Gasteiger charge is -2.22. The van der Waals surface area contributed by atoms with Crippen LogP contribution in [0.5, 0.6) is 0 Å². The quantitative estimate of drug-likeness (QED) is 0.802. The van der Waals surface area contributed by atoms with E-state index in [0.717, 1.165) is 0 Å². The standard InChI is InChI=1S/C16H21ClN4O3/c17-13-4-2-12(3-5-13)16(24)21-7-1-6-20(8-9-21)15(23)11-19-14(22)10-18/h2-5H,1,6-11,18H2,(H,19,22). The van der Waals surface area contributed by atoms with Gasteiger partial charge in [0.25, 0.3) is 5.91 Å². The second kappa shape index (κ2) is 8.65. The number of hydrogen-bond donors (Lipinski definition) is 2. The van der Waals surface area contributed by atoms with E-state index in [-0.39, 0.29) is 30.8 Å². The normalized spacial score (nSPS) is 14.9. The smallest absolute Gasteiger partial charge is 0.253 e. The van der Waals surface area contributed by atoms with Gasteiger partial charge in [-0.2, -0.15) is 0 Å². The van der Waals surface area contributed by atoms with Crippen LogP contribution in [0.4, 0.5) is 0 Å². The predicted octanol–water partition coefficient (Wildman–Crippen LogP) is 0.0894. The van der Waals surface area contributed by atoms with E-state index in [1.165, 1.54) is 0 Å². The zero-order valence-electron chi connectivity index (χ0n) is 13.3. The first-order valence-electron chi connectivity index (χ1n) is 7.80. The molecule has 0 saturated carbocycles. The molecular formula is C16H21ClN4O3. The third-order valence-corrected chi connectivity index (χ3v) is 4.10. The van der Waals surface area contributed by atoms with Crippen LogP contribution < -0.4 is 11.1 Å². The van der Waals surface area contributed by atoms with Gasteiger partial charge in [0.2, 0.25) is 11.8 Å². The largest absolute Gasteiger partial charge is 0.346 e. The van der Waals surface area contributed by atoms with E-state index in [4.69, 9.17) is 17.3 Å². The Bertz CT molecular complexity index is 606. The second-order valence-corrected chi connectivity index (χ2v) is 5.95. The molecule has 8 heteroatoms. The van der Waals surface area contributed by atoms with Gasteiger partial charge in [-0.3, -0.25) is 14.4 Å². The van der Waals surface area contributed by atoms with Gasteiger partial charge in [0.1, 0.15) is 0 Å². The Balaban J connectivity index is 1.90. The van der Waals surface area contributed by atoms with Crippen LogP contribution in [-0.2, 0) is 9.59 Å². The predicted molar refractivity (Wildman–Crippen MR) is 90.6 cm³/mol. The molecule has 0 bridgehead atoms. The van der Waals surface area contributed by atoms with Crippen LogP contribution in [0, 0.1) is 0 Å². The first-order chi connectivity index (χ1) is 11.5. The van der Waals surface area contributed by atoms with Crippen LogP contribution in [0.2, 0.25) is 5.02 Å². The number of benzene rings is 1. The Morgan fingerprint density at radius 1 is 1.04 bits per heavy atom. The highest BCUT2D eigenvalue weighted by molar-refractivity contribution is 6.30. The molecule has 1 heterocycles. The fraction of sp³-hybridized carbons (Fsp3) is 0.438. The van der Waals surface area contributed by atoms with E-state index in [1.807, 2.05) is 0 Å². The maximum absolute atomic E-state index is 12.5. The van der Waals surface area contributed by atoms with Crippen molar-refractivity contribution in [2.75, 3.05) is 39.3 Å². The number of rotatable bonds is 4. The molecule has 0 aromatic heterocycles. The average Bonchev–Trinajstić information content (AvgIpc) is 2.85. The summed E-state index contributed by atoms with van der Waals surface area (Å²) in [4.78, 5) is 39.1. The molecule has 130 valence electrons. The molecule has 1 fully saturated rings. The summed E-state index contributed by atoms with van der Waals surface area (Å²) >= 11 is 5.84. The molecule has 3 amide bonds. The summed E-state index contributed by atoms with van der Waals surface area (Å²) in [5.74, 6) is -0.604. The Kier molecular flexibility index (Phi) is 6.57. The van der Waals surface area contributed by atoms with Gasteiger partial charge in [-0.25, -0.2) is 0 Å². The molecule has 24 heavy (non-hydrogen) atoms. The van der Waals surface area contributed by atoms with Crippen molar-refractivity contribution in [3.8, 4) is 0 Å². The summed E-state index contributed by atoms with van der Waals surface area (Å²) in [7, 11) is 0. The SMILES string of the molecule is NCC(=O)NCC(=O)N1CCCN(C(=O)c2ccc(Cl)cc2)CC1. The van der Waals surface area contributed by atoms with Gasteiger partial charge in [-0.05, 0) is 30.7 Å². The molecule has 3 N–H and O–H groups in total. The van der Waals surface area contributed by atoms with Gasteiger partial charge in [0.15, 0.2) is 0 Å². The van der Waals surface area contributed by atoms with Crippen molar-refractivity contribution in [2.45, 2.75) is 6.42 Å². The minimum atomic E-state index is -0.363. The summed E-state index contributed by atoms with van der Waals surface area (Å²) in [6, 6.07) is 6.76. The van der Waals surface area contributed by atoms with Crippen LogP contribution in [0.3, 0.4) is 0 Å². The molecule has 0 unspecified atom stereocenters. The Morgan fingerprint density at radius 2 is 1.67 bits per heavy atom. The van der Waals surface area contributed by atoms with Crippen LogP contribution in [0.1, 0.15) is 16.8 Å². The van der Waals surface area contributed by atoms with Gasteiger partial charge in [-0.1, -0.05) is 11.6 Å². The number of carbonyl (C=O) groups is 3. The van der Waals surface area contributed by atoms with Crippen molar-refractivity contribution < 1.29 is 14.4 Å². The molecule has 1 saturated heterocycles. The van der Waals surface area contributed by atoms with E-state index in [0.29, 0.717) is 43.2 Å². The summed E-state index contributed by atoms with van der Waals surface area (Å²) in [5.41, 5.74) is 5.77. The highest BCUT2D eigenvalue weighted by Crippen LogP contribution is 2.13. The van der Waals surface area contributed by atoms with Crippen molar-refractivity contribution in [1.29, 1.82) is 0 Å². The van der Waals surface area contributed by atoms with E-state index >= 15 is 0 Å². The van der Waals surface area contributed by atoms with Crippen LogP contribution in [0.15, 0.2) is 24.3 Å². The molecular weight excluding hydrogens is 332 g/mol. The van der Waals surface area contributed by atoms with Gasteiger partial charge >= 0.3 is 0 Å². The lowest BCUT2D eigenvalue weighted by atomic mass is 10.2. The summed E-state index contributed by atoms with van der Waals surface area (Å²) in [5, 5.41) is 3.05. The second-order valence-electron chi connectivity index (χ2n) is 5.51. The number of nitrogens with one attached hydrogen (secondary N) is 1. The lowest BCUT2D eigenvalue weighted by molar-refractivity contribution is -0.132. The zero-order valence-corrected chi connectivity index (χ0v) is 14.1. The van der Waals surface area contributed by atoms with Crippen molar-refractivity contribution in [3.05, 3.63) is 34.9 Å². The maximum atomic E-state index is 12.5. The van der Waals surface area contributed by atoms with Gasteiger partial charge in [0.05, 0.1) is 13.1 Å². The van der Waals surface area contributed by atoms with Crippen LogP contribution >= 0.6 is 11.6 Å². The molecule has 0 radical (unpaired) electrons. The number of nitrogens with two attached hydrogens (primary N) is 1. The summed E-state index contributed by atoms with van der Waals surface area (Å²) in [6.07, 6.45) is 0.690. The third-order valence-electron chi connectivity index (χ3n) is 3.85. The lowest BCUT2D eigenvalue weighted by Crippen LogP contribution is -2.43. The summed E-state index contributed by atoms with van der Waals surface area (Å²) in [6.45, 7) is 1.83. The highest BCUT2D eigenvalue weighted by atomic mass is 35.5. The molecule has 0 atom stereocenters. The van der Waals surface area contributed by atoms with Crippen LogP contribution in [0.25, 0.3) is 0 Å². The van der Waals surface area contributed by atoms with Gasteiger partial charge in [0, 0.05) is 36.8 Å². The molecule has 7 nitrogen and oxygen atoms in total. The van der Waals surface area contributed by atoms with E-state index < -0.39 is 0 Å². The molecule has 0 aliphatic carbocycles. The Hall–Kier alpha value is -2.12. The number of hydrogen-bond acceptors (Lipinski definition) is 4. The molecule has 0 spiro atoms. The number of carbonyl (C=O) groups excluding carboxylic acids is 3. The number of halogens is 1. The average molecular weight is 353 g/mol. The molecule has 1 aromatic carbocycles. The topological polar surface area (TPSA) is 95.7 Å². The zero-order chi connectivity index (χ0) is 17.5. The third kappa shape index (κ3) is 4.94.